The summed E-state index contributed by atoms with van der Waals surface area (Å²) in [6.45, 7) is 8.71. The molecule has 0 bridgehead atoms. The van der Waals surface area contributed by atoms with Gasteiger partial charge in [-0.1, -0.05) is 23.7 Å². The van der Waals surface area contributed by atoms with Gasteiger partial charge in [0.15, 0.2) is 5.69 Å². The fourth-order valence-electron chi connectivity index (χ4n) is 3.27. The third-order valence-corrected chi connectivity index (χ3v) is 5.27. The third-order valence-electron chi connectivity index (χ3n) is 4.95. The summed E-state index contributed by atoms with van der Waals surface area (Å²) in [6, 6.07) is 9.19. The first-order chi connectivity index (χ1) is 13.8. The number of para-hydroxylation sites is 1. The van der Waals surface area contributed by atoms with Crippen LogP contribution < -0.4 is 11.0 Å². The topological polar surface area (TPSA) is 51.3 Å². The Hall–Kier alpha value is -2.98. The van der Waals surface area contributed by atoms with Crippen LogP contribution in [-0.2, 0) is 5.92 Å². The molecule has 5 nitrogen and oxygen atoms in total. The fourth-order valence-corrected chi connectivity index (χ4v) is 3.49. The molecule has 0 unspecified atom stereocenters. The van der Waals surface area contributed by atoms with E-state index in [0.29, 0.717) is 23.5 Å². The highest BCUT2D eigenvalue weighted by molar-refractivity contribution is 6.32. The summed E-state index contributed by atoms with van der Waals surface area (Å²) in [5, 5.41) is 3.85. The second-order valence-corrected chi connectivity index (χ2v) is 7.65. The van der Waals surface area contributed by atoms with Gasteiger partial charge in [0.25, 0.3) is 5.92 Å². The molecule has 1 aliphatic rings. The number of anilines is 1. The minimum Gasteiger partial charge on any atom is -0.369 e. The minimum atomic E-state index is -3.25. The lowest BCUT2D eigenvalue weighted by atomic mass is 10.0. The number of hydrogen-bond donors (Lipinski definition) is 1. The molecule has 0 saturated heterocycles. The lowest BCUT2D eigenvalue weighted by Crippen LogP contribution is -2.24. The molecule has 1 saturated carbocycles. The first-order valence-electron chi connectivity index (χ1n) is 9.15. The summed E-state index contributed by atoms with van der Waals surface area (Å²) in [5.41, 5.74) is -0.693. The molecule has 1 aromatic heterocycles. The molecule has 0 amide bonds. The molecule has 148 valence electrons. The predicted octanol–water partition coefficient (Wildman–Crippen LogP) is 5.52. The van der Waals surface area contributed by atoms with Gasteiger partial charge >= 0.3 is 5.69 Å². The maximum atomic E-state index is 14.2. The Morgan fingerprint density at radius 3 is 2.69 bits per heavy atom. The second-order valence-electron chi connectivity index (χ2n) is 7.24. The molecule has 2 aromatic carbocycles. The van der Waals surface area contributed by atoms with Crippen LogP contribution in [0.25, 0.3) is 21.4 Å². The van der Waals surface area contributed by atoms with Crippen LogP contribution in [0, 0.1) is 12.5 Å². The van der Waals surface area contributed by atoms with Gasteiger partial charge in [0.2, 0.25) is 0 Å². The standard InChI is InChI=1S/C21H17ClF2N4O/c1-21(23,24)14-10-18-13(9-16(14)25-2)19(26-11-12-7-8-12)27-20(29)28(18)17-6-4-3-5-15(17)22/h3-6,9-10,12H,7-8,11H2,1H3,(H,26,27,29). The van der Waals surface area contributed by atoms with E-state index in [0.717, 1.165) is 19.8 Å². The van der Waals surface area contributed by atoms with Crippen molar-refractivity contribution < 1.29 is 8.78 Å². The van der Waals surface area contributed by atoms with Crippen LogP contribution in [0.15, 0.2) is 41.2 Å². The largest absolute Gasteiger partial charge is 0.369 e. The van der Waals surface area contributed by atoms with Crippen molar-refractivity contribution in [1.82, 2.24) is 9.55 Å². The van der Waals surface area contributed by atoms with Crippen molar-refractivity contribution in [2.24, 2.45) is 5.92 Å². The Balaban J connectivity index is 2.06. The number of alkyl halides is 2. The highest BCUT2D eigenvalue weighted by Crippen LogP contribution is 2.39. The molecular formula is C21H17ClF2N4O. The van der Waals surface area contributed by atoms with Gasteiger partial charge in [-0.05, 0) is 43.0 Å². The van der Waals surface area contributed by atoms with Crippen LogP contribution in [0.1, 0.15) is 25.3 Å². The maximum absolute atomic E-state index is 14.2. The summed E-state index contributed by atoms with van der Waals surface area (Å²) in [7, 11) is 0. The van der Waals surface area contributed by atoms with E-state index in [4.69, 9.17) is 18.2 Å². The van der Waals surface area contributed by atoms with E-state index in [9.17, 15) is 13.6 Å². The van der Waals surface area contributed by atoms with E-state index in [1.165, 1.54) is 16.7 Å². The molecule has 4 rings (SSSR count). The van der Waals surface area contributed by atoms with Crippen molar-refractivity contribution in [3.8, 4) is 5.69 Å². The Kier molecular flexibility index (Phi) is 4.75. The quantitative estimate of drug-likeness (QED) is 0.559. The lowest BCUT2D eigenvalue weighted by Gasteiger charge is -2.19. The number of hydrogen-bond acceptors (Lipinski definition) is 3. The SMILES string of the molecule is [C-]#[N+]c1cc2c(NCC3CC3)nc(=O)n(-c3ccccc3Cl)c2cc1C(C)(F)F. The average molecular weight is 415 g/mol. The number of fused-ring (bicyclic) bond motifs is 1. The first kappa shape index (κ1) is 19.3. The van der Waals surface area contributed by atoms with E-state index >= 15 is 0 Å². The van der Waals surface area contributed by atoms with Gasteiger partial charge in [-0.25, -0.2) is 18.4 Å². The molecule has 0 radical (unpaired) electrons. The molecule has 0 spiro atoms. The van der Waals surface area contributed by atoms with Gasteiger partial charge in [-0.2, -0.15) is 4.98 Å². The van der Waals surface area contributed by atoms with Crippen molar-refractivity contribution >= 4 is 34.0 Å². The molecule has 29 heavy (non-hydrogen) atoms. The number of benzene rings is 2. The molecule has 1 fully saturated rings. The normalized spacial score (nSPS) is 14.0. The number of aromatic nitrogens is 2. The number of nitrogens with one attached hydrogen (secondary N) is 1. The molecule has 0 aliphatic heterocycles. The fraction of sp³-hybridized carbons (Fsp3) is 0.286. The summed E-state index contributed by atoms with van der Waals surface area (Å²) in [4.78, 5) is 20.3. The summed E-state index contributed by atoms with van der Waals surface area (Å²) in [6.07, 6.45) is 2.20. The van der Waals surface area contributed by atoms with Crippen LogP contribution in [0.3, 0.4) is 0 Å². The van der Waals surface area contributed by atoms with E-state index in [2.05, 4.69) is 15.1 Å². The Labute approximate surface area is 170 Å². The summed E-state index contributed by atoms with van der Waals surface area (Å²) >= 11 is 6.27. The lowest BCUT2D eigenvalue weighted by molar-refractivity contribution is 0.0185. The minimum absolute atomic E-state index is 0.175. The number of halogens is 3. The predicted molar refractivity (Wildman–Crippen MR) is 109 cm³/mol. The Morgan fingerprint density at radius 2 is 2.07 bits per heavy atom. The zero-order valence-corrected chi connectivity index (χ0v) is 16.3. The third kappa shape index (κ3) is 3.68. The number of nitrogens with zero attached hydrogens (tertiary/aromatic N) is 3. The van der Waals surface area contributed by atoms with E-state index in [1.807, 2.05) is 0 Å². The highest BCUT2D eigenvalue weighted by Gasteiger charge is 2.30. The smallest absolute Gasteiger partial charge is 0.354 e. The van der Waals surface area contributed by atoms with Gasteiger partial charge < -0.3 is 5.32 Å². The molecule has 1 heterocycles. The van der Waals surface area contributed by atoms with Crippen LogP contribution in [-0.4, -0.2) is 16.1 Å². The molecular weight excluding hydrogens is 398 g/mol. The maximum Gasteiger partial charge on any atom is 0.354 e. The van der Waals surface area contributed by atoms with Crippen molar-refractivity contribution in [3.63, 3.8) is 0 Å². The van der Waals surface area contributed by atoms with E-state index in [-0.39, 0.29) is 22.0 Å². The monoisotopic (exact) mass is 414 g/mol. The van der Waals surface area contributed by atoms with Crippen molar-refractivity contribution in [2.45, 2.75) is 25.7 Å². The van der Waals surface area contributed by atoms with Gasteiger partial charge in [0.05, 0.1) is 22.8 Å². The summed E-state index contributed by atoms with van der Waals surface area (Å²) < 4.78 is 29.6. The zero-order valence-electron chi connectivity index (χ0n) is 15.5. The average Bonchev–Trinajstić information content (AvgIpc) is 3.50. The number of rotatable bonds is 5. The molecule has 3 aromatic rings. The van der Waals surface area contributed by atoms with E-state index in [1.54, 1.807) is 24.3 Å². The second kappa shape index (κ2) is 7.12. The molecule has 8 heteroatoms. The van der Waals surface area contributed by atoms with E-state index < -0.39 is 17.2 Å². The first-order valence-corrected chi connectivity index (χ1v) is 9.52. The van der Waals surface area contributed by atoms with Gasteiger partial charge in [0.1, 0.15) is 5.82 Å². The van der Waals surface area contributed by atoms with Crippen LogP contribution in [0.5, 0.6) is 0 Å². The van der Waals surface area contributed by atoms with Crippen molar-refractivity contribution in [1.29, 1.82) is 0 Å². The molecule has 0 atom stereocenters. The van der Waals surface area contributed by atoms with Gasteiger partial charge in [-0.3, -0.25) is 4.57 Å². The van der Waals surface area contributed by atoms with Crippen molar-refractivity contribution in [3.05, 3.63) is 68.9 Å². The van der Waals surface area contributed by atoms with Crippen molar-refractivity contribution in [2.75, 3.05) is 11.9 Å². The Bertz CT molecular complexity index is 1210. The van der Waals surface area contributed by atoms with Gasteiger partial charge in [-0.15, -0.1) is 0 Å². The zero-order chi connectivity index (χ0) is 20.8. The van der Waals surface area contributed by atoms with Gasteiger partial charge in [0, 0.05) is 24.4 Å². The van der Waals surface area contributed by atoms with Crippen LogP contribution in [0.4, 0.5) is 20.3 Å². The molecule has 1 aliphatic carbocycles. The molecule has 1 N–H and O–H groups in total. The van der Waals surface area contributed by atoms with Crippen LogP contribution in [0.2, 0.25) is 5.02 Å². The van der Waals surface area contributed by atoms with Crippen LogP contribution >= 0.6 is 11.6 Å². The Morgan fingerprint density at radius 1 is 1.34 bits per heavy atom. The summed E-state index contributed by atoms with van der Waals surface area (Å²) in [5.74, 6) is -2.45. The highest BCUT2D eigenvalue weighted by atomic mass is 35.5.